The minimum Gasteiger partial charge on any atom is -0.373 e. The van der Waals surface area contributed by atoms with E-state index in [1.54, 1.807) is 0 Å². The van der Waals surface area contributed by atoms with Crippen LogP contribution in [0.4, 0.5) is 0 Å². The molecule has 1 aliphatic heterocycles. The summed E-state index contributed by atoms with van der Waals surface area (Å²) in [6.07, 6.45) is 1.69. The fourth-order valence-electron chi connectivity index (χ4n) is 2.82. The van der Waals surface area contributed by atoms with E-state index in [0.29, 0.717) is 12.2 Å². The fourth-order valence-corrected chi connectivity index (χ4v) is 2.82. The molecule has 0 radical (unpaired) electrons. The van der Waals surface area contributed by atoms with Gasteiger partial charge in [0.05, 0.1) is 12.2 Å². The van der Waals surface area contributed by atoms with Gasteiger partial charge < -0.3 is 10.5 Å². The summed E-state index contributed by atoms with van der Waals surface area (Å²) in [6.45, 7) is 9.29. The maximum absolute atomic E-state index is 6.33. The van der Waals surface area contributed by atoms with Crippen molar-refractivity contribution >= 4 is 0 Å². The van der Waals surface area contributed by atoms with E-state index in [4.69, 9.17) is 10.5 Å². The van der Waals surface area contributed by atoms with Gasteiger partial charge in [-0.25, -0.2) is 0 Å². The molecule has 3 atom stereocenters. The molecule has 0 aliphatic carbocycles. The van der Waals surface area contributed by atoms with Gasteiger partial charge in [-0.05, 0) is 31.4 Å². The summed E-state index contributed by atoms with van der Waals surface area (Å²) in [6, 6.07) is 8.77. The number of hydrogen-bond donors (Lipinski definition) is 1. The summed E-state index contributed by atoms with van der Waals surface area (Å²) in [5, 5.41) is 0. The average molecular weight is 262 g/mol. The Labute approximate surface area is 116 Å². The number of benzene rings is 1. The molecule has 1 fully saturated rings. The van der Waals surface area contributed by atoms with E-state index in [0.717, 1.165) is 26.1 Å². The smallest absolute Gasteiger partial charge is 0.0678 e. The first kappa shape index (κ1) is 14.5. The van der Waals surface area contributed by atoms with Crippen LogP contribution in [0.3, 0.4) is 0 Å². The van der Waals surface area contributed by atoms with Crippen molar-refractivity contribution in [3.63, 3.8) is 0 Å². The Morgan fingerprint density at radius 3 is 2.32 bits per heavy atom. The van der Waals surface area contributed by atoms with Crippen molar-refractivity contribution < 1.29 is 4.74 Å². The number of morpholine rings is 1. The highest BCUT2D eigenvalue weighted by Crippen LogP contribution is 2.17. The van der Waals surface area contributed by atoms with E-state index in [1.165, 1.54) is 11.1 Å². The molecule has 1 heterocycles. The summed E-state index contributed by atoms with van der Waals surface area (Å²) in [5.41, 5.74) is 8.92. The predicted molar refractivity (Wildman–Crippen MR) is 79.2 cm³/mol. The number of aryl methyl sites for hydroxylation is 1. The zero-order chi connectivity index (χ0) is 13.8. The summed E-state index contributed by atoms with van der Waals surface area (Å²) in [5.74, 6) is 0. The average Bonchev–Trinajstić information content (AvgIpc) is 2.37. The number of ether oxygens (including phenoxy) is 1. The van der Waals surface area contributed by atoms with Crippen LogP contribution in [0.25, 0.3) is 0 Å². The van der Waals surface area contributed by atoms with Crippen molar-refractivity contribution in [2.24, 2.45) is 5.73 Å². The van der Waals surface area contributed by atoms with Crippen LogP contribution in [0, 0.1) is 0 Å². The molecule has 0 amide bonds. The van der Waals surface area contributed by atoms with Crippen molar-refractivity contribution in [3.05, 3.63) is 35.4 Å². The molecule has 0 spiro atoms. The van der Waals surface area contributed by atoms with Crippen molar-refractivity contribution in [2.45, 2.75) is 45.4 Å². The van der Waals surface area contributed by atoms with Gasteiger partial charge in [0.2, 0.25) is 0 Å². The second-order valence-electron chi connectivity index (χ2n) is 5.68. The van der Waals surface area contributed by atoms with Gasteiger partial charge in [-0.1, -0.05) is 31.2 Å². The number of nitrogens with two attached hydrogens (primary N) is 1. The highest BCUT2D eigenvalue weighted by Gasteiger charge is 2.23. The van der Waals surface area contributed by atoms with Crippen LogP contribution in [0.15, 0.2) is 24.3 Å². The third-order valence-corrected chi connectivity index (χ3v) is 3.77. The van der Waals surface area contributed by atoms with Crippen molar-refractivity contribution in [1.29, 1.82) is 0 Å². The first-order valence-corrected chi connectivity index (χ1v) is 7.30. The lowest BCUT2D eigenvalue weighted by Gasteiger charge is -2.36. The van der Waals surface area contributed by atoms with E-state index in [9.17, 15) is 0 Å². The molecular formula is C16H26N2O. The minimum absolute atomic E-state index is 0.0865. The molecule has 2 N–H and O–H groups in total. The molecule has 0 aromatic heterocycles. The number of hydrogen-bond acceptors (Lipinski definition) is 3. The van der Waals surface area contributed by atoms with Crippen molar-refractivity contribution in [2.75, 3.05) is 19.6 Å². The standard InChI is InChI=1S/C16H26N2O/c1-4-14-5-7-15(8-6-14)16(17)11-18-9-12(2)19-13(3)10-18/h5-8,12-13,16H,4,9-11,17H2,1-3H3. The Kier molecular flexibility index (Phi) is 4.97. The van der Waals surface area contributed by atoms with Gasteiger partial charge in [-0.15, -0.1) is 0 Å². The third kappa shape index (κ3) is 4.03. The predicted octanol–water partition coefficient (Wildman–Crippen LogP) is 2.36. The van der Waals surface area contributed by atoms with Crippen molar-refractivity contribution in [1.82, 2.24) is 4.90 Å². The first-order chi connectivity index (χ1) is 9.08. The van der Waals surface area contributed by atoms with Gasteiger partial charge in [0.1, 0.15) is 0 Å². The van der Waals surface area contributed by atoms with Crippen LogP contribution in [0.1, 0.15) is 37.9 Å². The molecule has 1 aromatic carbocycles. The molecule has 106 valence electrons. The lowest BCUT2D eigenvalue weighted by atomic mass is 10.0. The molecule has 0 saturated carbocycles. The Balaban J connectivity index is 1.93. The molecular weight excluding hydrogens is 236 g/mol. The molecule has 1 aliphatic rings. The Morgan fingerprint density at radius 1 is 1.21 bits per heavy atom. The monoisotopic (exact) mass is 262 g/mol. The molecule has 1 saturated heterocycles. The molecule has 3 unspecified atom stereocenters. The highest BCUT2D eigenvalue weighted by atomic mass is 16.5. The minimum atomic E-state index is 0.0865. The van der Waals surface area contributed by atoms with Gasteiger partial charge in [-0.3, -0.25) is 4.90 Å². The molecule has 1 aromatic rings. The van der Waals surface area contributed by atoms with E-state index < -0.39 is 0 Å². The summed E-state index contributed by atoms with van der Waals surface area (Å²) < 4.78 is 5.75. The van der Waals surface area contributed by atoms with Gasteiger partial charge >= 0.3 is 0 Å². The number of nitrogens with zero attached hydrogens (tertiary/aromatic N) is 1. The van der Waals surface area contributed by atoms with Crippen LogP contribution in [-0.2, 0) is 11.2 Å². The molecule has 2 rings (SSSR count). The summed E-state index contributed by atoms with van der Waals surface area (Å²) in [7, 11) is 0. The van der Waals surface area contributed by atoms with Gasteiger partial charge in [-0.2, -0.15) is 0 Å². The first-order valence-electron chi connectivity index (χ1n) is 7.30. The molecule has 3 nitrogen and oxygen atoms in total. The third-order valence-electron chi connectivity index (χ3n) is 3.77. The topological polar surface area (TPSA) is 38.5 Å². The lowest BCUT2D eigenvalue weighted by molar-refractivity contribution is -0.0691. The molecule has 0 bridgehead atoms. The van der Waals surface area contributed by atoms with Gasteiger partial charge in [0, 0.05) is 25.7 Å². The second-order valence-corrected chi connectivity index (χ2v) is 5.68. The normalized spacial score (nSPS) is 26.3. The quantitative estimate of drug-likeness (QED) is 0.905. The van der Waals surface area contributed by atoms with E-state index >= 15 is 0 Å². The Morgan fingerprint density at radius 2 is 1.79 bits per heavy atom. The van der Waals surface area contributed by atoms with Crippen LogP contribution < -0.4 is 5.73 Å². The summed E-state index contributed by atoms with van der Waals surface area (Å²) >= 11 is 0. The van der Waals surface area contributed by atoms with Crippen LogP contribution in [0.5, 0.6) is 0 Å². The highest BCUT2D eigenvalue weighted by molar-refractivity contribution is 5.25. The lowest BCUT2D eigenvalue weighted by Crippen LogP contribution is -2.47. The number of rotatable bonds is 4. The Bertz CT molecular complexity index is 380. The van der Waals surface area contributed by atoms with Crippen LogP contribution in [-0.4, -0.2) is 36.7 Å². The van der Waals surface area contributed by atoms with E-state index in [2.05, 4.69) is 49.9 Å². The van der Waals surface area contributed by atoms with Gasteiger partial charge in [0.25, 0.3) is 0 Å². The Hall–Kier alpha value is -0.900. The largest absolute Gasteiger partial charge is 0.373 e. The van der Waals surface area contributed by atoms with Crippen LogP contribution in [0.2, 0.25) is 0 Å². The van der Waals surface area contributed by atoms with Gasteiger partial charge in [0.15, 0.2) is 0 Å². The summed E-state index contributed by atoms with van der Waals surface area (Å²) in [4.78, 5) is 2.41. The molecule has 3 heteroatoms. The van der Waals surface area contributed by atoms with Crippen molar-refractivity contribution in [3.8, 4) is 0 Å². The zero-order valence-electron chi connectivity index (χ0n) is 12.3. The van der Waals surface area contributed by atoms with E-state index in [1.807, 2.05) is 0 Å². The van der Waals surface area contributed by atoms with Crippen LogP contribution >= 0.6 is 0 Å². The fraction of sp³-hybridized carbons (Fsp3) is 0.625. The molecule has 19 heavy (non-hydrogen) atoms. The maximum Gasteiger partial charge on any atom is 0.0678 e. The SMILES string of the molecule is CCc1ccc(C(N)CN2CC(C)OC(C)C2)cc1. The second kappa shape index (κ2) is 6.51. The maximum atomic E-state index is 6.33. The van der Waals surface area contributed by atoms with E-state index in [-0.39, 0.29) is 6.04 Å². The zero-order valence-corrected chi connectivity index (χ0v) is 12.3.